The van der Waals surface area contributed by atoms with Gasteiger partial charge in [0.1, 0.15) is 36.6 Å². The molecule has 0 heterocycles. The smallest absolute Gasteiger partial charge is 0.242 e. The lowest BCUT2D eigenvalue weighted by Gasteiger charge is -2.33. The van der Waals surface area contributed by atoms with Crippen molar-refractivity contribution in [3.8, 4) is 17.2 Å². The molecule has 8 heteroatoms. The third-order valence-electron chi connectivity index (χ3n) is 7.96. The minimum atomic E-state index is -2.91. The summed E-state index contributed by atoms with van der Waals surface area (Å²) in [6.07, 6.45) is 6.38. The van der Waals surface area contributed by atoms with E-state index in [1.54, 1.807) is 0 Å². The third kappa shape index (κ3) is 11.6. The number of aliphatic hydroxyl groups excluding tert-OH is 1. The highest BCUT2D eigenvalue weighted by molar-refractivity contribution is 7.59. The molecule has 2 N–H and O–H groups in total. The van der Waals surface area contributed by atoms with Gasteiger partial charge in [-0.1, -0.05) is 61.9 Å². The summed E-state index contributed by atoms with van der Waals surface area (Å²) in [5.41, 5.74) is 1.18. The molecule has 0 saturated heterocycles. The number of ether oxygens (including phenoxy) is 3. The molecule has 0 aliphatic heterocycles. The van der Waals surface area contributed by atoms with Gasteiger partial charge in [0, 0.05) is 12.2 Å². The molecule has 4 rings (SSSR count). The average Bonchev–Trinajstić information content (AvgIpc) is 3.06. The van der Waals surface area contributed by atoms with Crippen LogP contribution in [0.15, 0.2) is 84.9 Å². The van der Waals surface area contributed by atoms with Crippen LogP contribution in [0.1, 0.15) is 57.4 Å². The molecule has 1 aliphatic carbocycles. The van der Waals surface area contributed by atoms with Gasteiger partial charge in [0.05, 0.1) is 6.61 Å². The van der Waals surface area contributed by atoms with Gasteiger partial charge in [-0.2, -0.15) is 0 Å². The van der Waals surface area contributed by atoms with Crippen molar-refractivity contribution < 1.29 is 28.4 Å². The molecular weight excluding hydrogens is 561 g/mol. The van der Waals surface area contributed by atoms with Crippen molar-refractivity contribution in [3.63, 3.8) is 0 Å². The first-order chi connectivity index (χ1) is 21.0. The molecule has 0 radical (unpaired) electrons. The van der Waals surface area contributed by atoms with E-state index in [-0.39, 0.29) is 18.6 Å². The minimum absolute atomic E-state index is 0.0562. The highest BCUT2D eigenvalue weighted by Gasteiger charge is 2.38. The number of hydrogen-bond acceptors (Lipinski definition) is 7. The van der Waals surface area contributed by atoms with E-state index in [0.29, 0.717) is 31.4 Å². The summed E-state index contributed by atoms with van der Waals surface area (Å²) in [6, 6.07) is 27.1. The van der Waals surface area contributed by atoms with Crippen LogP contribution in [0.4, 0.5) is 0 Å². The summed E-state index contributed by atoms with van der Waals surface area (Å²) in [7, 11) is -2.91. The first kappa shape index (κ1) is 33.1. The molecule has 3 aromatic rings. The van der Waals surface area contributed by atoms with Gasteiger partial charge in [-0.15, -0.1) is 0 Å². The molecule has 2 atom stereocenters. The maximum Gasteiger partial charge on any atom is 0.242 e. The maximum absolute atomic E-state index is 13.9. The quantitative estimate of drug-likeness (QED) is 0.107. The number of benzene rings is 3. The van der Waals surface area contributed by atoms with Crippen molar-refractivity contribution in [3.05, 3.63) is 90.5 Å². The molecule has 1 aliphatic rings. The van der Waals surface area contributed by atoms with Gasteiger partial charge in [-0.3, -0.25) is 4.57 Å². The fraction of sp³-hybridized carbons (Fsp3) is 0.486. The molecule has 0 amide bonds. The lowest BCUT2D eigenvalue weighted by molar-refractivity contribution is 0.106. The van der Waals surface area contributed by atoms with Crippen molar-refractivity contribution in [1.29, 1.82) is 0 Å². The molecule has 1 saturated carbocycles. The van der Waals surface area contributed by atoms with Gasteiger partial charge in [0.2, 0.25) is 7.37 Å². The zero-order valence-corrected chi connectivity index (χ0v) is 26.3. The van der Waals surface area contributed by atoms with Crippen LogP contribution in [0, 0.1) is 5.92 Å². The fourth-order valence-corrected chi connectivity index (χ4v) is 7.67. The Morgan fingerprint density at radius 2 is 1.47 bits per heavy atom. The SMILES string of the molecule is CCCCO[P@](=O)(COc1ccccc1)C1CCC(CCNCC(O)COc2ccc(OCc3ccccc3)cc2)CC1. The predicted octanol–water partition coefficient (Wildman–Crippen LogP) is 7.68. The van der Waals surface area contributed by atoms with Crippen molar-refractivity contribution >= 4 is 7.37 Å². The number of rotatable bonds is 19. The van der Waals surface area contributed by atoms with Crippen molar-refractivity contribution in [2.45, 2.75) is 70.2 Å². The Kier molecular flexibility index (Phi) is 13.9. The lowest BCUT2D eigenvalue weighted by atomic mass is 9.86. The molecule has 1 unspecified atom stereocenters. The minimum Gasteiger partial charge on any atom is -0.491 e. The number of aliphatic hydroxyl groups is 1. The summed E-state index contributed by atoms with van der Waals surface area (Å²) < 4.78 is 37.5. The maximum atomic E-state index is 13.9. The zero-order valence-electron chi connectivity index (χ0n) is 25.4. The van der Waals surface area contributed by atoms with Gasteiger partial charge in [-0.25, -0.2) is 0 Å². The van der Waals surface area contributed by atoms with Gasteiger partial charge in [0.15, 0.2) is 6.35 Å². The zero-order chi connectivity index (χ0) is 30.2. The van der Waals surface area contributed by atoms with Gasteiger partial charge in [-0.05, 0) is 92.9 Å². The van der Waals surface area contributed by atoms with Crippen LogP contribution in [-0.4, -0.2) is 49.5 Å². The second-order valence-corrected chi connectivity index (χ2v) is 14.1. The van der Waals surface area contributed by atoms with E-state index in [1.807, 2.05) is 84.9 Å². The summed E-state index contributed by atoms with van der Waals surface area (Å²) in [5.74, 6) is 2.79. The number of nitrogens with one attached hydrogen (secondary N) is 1. The van der Waals surface area contributed by atoms with E-state index in [9.17, 15) is 9.67 Å². The van der Waals surface area contributed by atoms with Crippen molar-refractivity contribution in [2.75, 3.05) is 32.7 Å². The Morgan fingerprint density at radius 1 is 0.837 bits per heavy atom. The van der Waals surface area contributed by atoms with Crippen LogP contribution in [0.25, 0.3) is 0 Å². The average molecular weight is 610 g/mol. The number of para-hydroxylation sites is 1. The third-order valence-corrected chi connectivity index (χ3v) is 10.7. The molecule has 1 fully saturated rings. The first-order valence-electron chi connectivity index (χ1n) is 15.7. The van der Waals surface area contributed by atoms with E-state index in [4.69, 9.17) is 18.7 Å². The summed E-state index contributed by atoms with van der Waals surface area (Å²) >= 11 is 0. The van der Waals surface area contributed by atoms with Gasteiger partial charge < -0.3 is 29.2 Å². The second-order valence-electron chi connectivity index (χ2n) is 11.4. The van der Waals surface area contributed by atoms with Crippen LogP contribution in [-0.2, 0) is 15.7 Å². The van der Waals surface area contributed by atoms with Gasteiger partial charge in [0.25, 0.3) is 0 Å². The Labute approximate surface area is 257 Å². The largest absolute Gasteiger partial charge is 0.491 e. The molecule has 234 valence electrons. The standard InChI is InChI=1S/C35H48NO6P/c1-2-3-24-42-43(38,28-41-32-12-8-5-9-13-32)35-20-14-29(15-21-35)22-23-36-25-31(37)27-40-34-18-16-33(17-19-34)39-26-30-10-6-4-7-11-30/h4-13,16-19,29,31,35-37H,2-3,14-15,20-28H2,1H3/t29?,31?,35?,43-/m1/s1. The van der Waals surface area contributed by atoms with Crippen LogP contribution < -0.4 is 19.5 Å². The van der Waals surface area contributed by atoms with Crippen molar-refractivity contribution in [1.82, 2.24) is 5.32 Å². The van der Waals surface area contributed by atoms with Crippen LogP contribution in [0.3, 0.4) is 0 Å². The fourth-order valence-electron chi connectivity index (χ4n) is 5.32. The van der Waals surface area contributed by atoms with Crippen LogP contribution >= 0.6 is 7.37 Å². The molecular formula is C35H48NO6P. The number of unbranched alkanes of at least 4 members (excludes halogenated alkanes) is 1. The molecule has 0 bridgehead atoms. The Balaban J connectivity index is 1.10. The van der Waals surface area contributed by atoms with E-state index in [1.165, 1.54) is 0 Å². The van der Waals surface area contributed by atoms with E-state index >= 15 is 0 Å². The van der Waals surface area contributed by atoms with Crippen LogP contribution in [0.5, 0.6) is 17.2 Å². The highest BCUT2D eigenvalue weighted by Crippen LogP contribution is 2.57. The molecule has 0 aromatic heterocycles. The highest BCUT2D eigenvalue weighted by atomic mass is 31.2. The molecule has 7 nitrogen and oxygen atoms in total. The van der Waals surface area contributed by atoms with E-state index in [2.05, 4.69) is 12.2 Å². The molecule has 43 heavy (non-hydrogen) atoms. The van der Waals surface area contributed by atoms with E-state index in [0.717, 1.165) is 68.6 Å². The second kappa shape index (κ2) is 18.1. The Morgan fingerprint density at radius 3 is 2.14 bits per heavy atom. The summed E-state index contributed by atoms with van der Waals surface area (Å²) in [6.45, 7) is 4.69. The Hall–Kier alpha value is -2.83. The predicted molar refractivity (Wildman–Crippen MR) is 172 cm³/mol. The summed E-state index contributed by atoms with van der Waals surface area (Å²) in [4.78, 5) is 0. The van der Waals surface area contributed by atoms with Gasteiger partial charge >= 0.3 is 0 Å². The summed E-state index contributed by atoms with van der Waals surface area (Å²) in [5, 5.41) is 13.8. The van der Waals surface area contributed by atoms with E-state index < -0.39 is 13.5 Å². The van der Waals surface area contributed by atoms with Crippen LogP contribution in [0.2, 0.25) is 0 Å². The monoisotopic (exact) mass is 609 g/mol. The lowest BCUT2D eigenvalue weighted by Crippen LogP contribution is -2.33. The van der Waals surface area contributed by atoms with Crippen molar-refractivity contribution in [2.24, 2.45) is 5.92 Å². The molecule has 3 aromatic carbocycles. The Bertz CT molecular complexity index is 1200. The first-order valence-corrected chi connectivity index (χ1v) is 17.6. The topological polar surface area (TPSA) is 86.3 Å². The normalized spacial score (nSPS) is 18.8. The molecule has 0 spiro atoms. The number of hydrogen-bond donors (Lipinski definition) is 2.